The molecule has 2 heterocycles. The van der Waals surface area contributed by atoms with Crippen molar-refractivity contribution in [3.8, 4) is 0 Å². The van der Waals surface area contributed by atoms with Gasteiger partial charge in [-0.3, -0.25) is 29.0 Å². The molecule has 0 unspecified atom stereocenters. The van der Waals surface area contributed by atoms with Crippen LogP contribution in [-0.4, -0.2) is 46.5 Å². The standard InChI is InChI=1S/C18H28N2O4/c21-15-9-3-1-7-13-19(15)17(23)11-5-6-12-18(24)20-14-8-2-4-10-16(20)22/h1-14H2. The first kappa shape index (κ1) is 18.6. The summed E-state index contributed by atoms with van der Waals surface area (Å²) in [6, 6.07) is 0. The molecule has 0 radical (unpaired) electrons. The number of nitrogens with zero attached hydrogens (tertiary/aromatic N) is 2. The topological polar surface area (TPSA) is 74.8 Å². The molecule has 0 N–H and O–H groups in total. The molecule has 0 aromatic heterocycles. The van der Waals surface area contributed by atoms with Crippen LogP contribution >= 0.6 is 0 Å². The third-order valence-electron chi connectivity index (χ3n) is 4.78. The number of imide groups is 2. The van der Waals surface area contributed by atoms with Gasteiger partial charge in [-0.1, -0.05) is 12.8 Å². The molecule has 0 bridgehead atoms. The number of unbranched alkanes of at least 4 members (excludes halogenated alkanes) is 1. The van der Waals surface area contributed by atoms with Crippen LogP contribution in [0, 0.1) is 0 Å². The van der Waals surface area contributed by atoms with Crippen molar-refractivity contribution in [3.63, 3.8) is 0 Å². The van der Waals surface area contributed by atoms with Crippen molar-refractivity contribution in [2.24, 2.45) is 0 Å². The van der Waals surface area contributed by atoms with Crippen LogP contribution in [0.2, 0.25) is 0 Å². The van der Waals surface area contributed by atoms with Gasteiger partial charge in [-0.2, -0.15) is 0 Å². The second-order valence-corrected chi connectivity index (χ2v) is 6.71. The van der Waals surface area contributed by atoms with Crippen molar-refractivity contribution in [1.29, 1.82) is 0 Å². The van der Waals surface area contributed by atoms with Crippen molar-refractivity contribution >= 4 is 23.6 Å². The van der Waals surface area contributed by atoms with Gasteiger partial charge >= 0.3 is 0 Å². The van der Waals surface area contributed by atoms with E-state index in [9.17, 15) is 19.2 Å². The number of likely N-dealkylation sites (tertiary alicyclic amines) is 2. The molecule has 0 atom stereocenters. The Kier molecular flexibility index (Phi) is 7.40. The third kappa shape index (κ3) is 5.42. The largest absolute Gasteiger partial charge is 0.283 e. The molecule has 0 spiro atoms. The Hall–Kier alpha value is -1.72. The first-order valence-corrected chi connectivity index (χ1v) is 9.26. The third-order valence-corrected chi connectivity index (χ3v) is 4.78. The summed E-state index contributed by atoms with van der Waals surface area (Å²) in [5.74, 6) is -0.382. The monoisotopic (exact) mass is 336 g/mol. The average molecular weight is 336 g/mol. The number of carbonyl (C=O) groups is 4. The fourth-order valence-corrected chi connectivity index (χ4v) is 3.32. The molecule has 6 heteroatoms. The normalized spacial score (nSPS) is 19.8. The first-order chi connectivity index (χ1) is 11.6. The Bertz CT molecular complexity index is 445. The number of amides is 4. The van der Waals surface area contributed by atoms with Crippen LogP contribution in [-0.2, 0) is 19.2 Å². The molecule has 0 aromatic rings. The molecular weight excluding hydrogens is 308 g/mol. The van der Waals surface area contributed by atoms with Crippen LogP contribution in [0.5, 0.6) is 0 Å². The minimum Gasteiger partial charge on any atom is -0.283 e. The molecule has 6 nitrogen and oxygen atoms in total. The van der Waals surface area contributed by atoms with Gasteiger partial charge in [0.15, 0.2) is 0 Å². The number of carbonyl (C=O) groups excluding carboxylic acids is 4. The van der Waals surface area contributed by atoms with Crippen molar-refractivity contribution in [3.05, 3.63) is 0 Å². The van der Waals surface area contributed by atoms with E-state index in [2.05, 4.69) is 0 Å². The lowest BCUT2D eigenvalue weighted by atomic mass is 10.1. The summed E-state index contributed by atoms with van der Waals surface area (Å²) in [6.07, 6.45) is 8.15. The summed E-state index contributed by atoms with van der Waals surface area (Å²) in [7, 11) is 0. The predicted octanol–water partition coefficient (Wildman–Crippen LogP) is 2.41. The number of rotatable bonds is 5. The van der Waals surface area contributed by atoms with E-state index in [4.69, 9.17) is 0 Å². The molecule has 2 rings (SSSR count). The Morgan fingerprint density at radius 3 is 1.50 bits per heavy atom. The van der Waals surface area contributed by atoms with Crippen LogP contribution in [0.25, 0.3) is 0 Å². The maximum atomic E-state index is 12.2. The number of hydrogen-bond acceptors (Lipinski definition) is 4. The lowest BCUT2D eigenvalue weighted by Gasteiger charge is -2.19. The van der Waals surface area contributed by atoms with Gasteiger partial charge < -0.3 is 0 Å². The molecule has 0 aromatic carbocycles. The van der Waals surface area contributed by atoms with Crippen LogP contribution in [0.15, 0.2) is 0 Å². The predicted molar refractivity (Wildman–Crippen MR) is 88.8 cm³/mol. The highest BCUT2D eigenvalue weighted by Gasteiger charge is 2.24. The van der Waals surface area contributed by atoms with Crippen molar-refractivity contribution in [1.82, 2.24) is 9.80 Å². The lowest BCUT2D eigenvalue weighted by Crippen LogP contribution is -2.37. The number of hydrogen-bond donors (Lipinski definition) is 0. The second-order valence-electron chi connectivity index (χ2n) is 6.71. The van der Waals surface area contributed by atoms with E-state index < -0.39 is 0 Å². The molecule has 2 aliphatic heterocycles. The Balaban J connectivity index is 1.69. The van der Waals surface area contributed by atoms with Crippen LogP contribution in [0.1, 0.15) is 77.0 Å². The molecule has 134 valence electrons. The summed E-state index contributed by atoms with van der Waals surface area (Å²) in [6.45, 7) is 1.05. The van der Waals surface area contributed by atoms with Gasteiger partial charge in [-0.05, 0) is 38.5 Å². The molecule has 2 fully saturated rings. The molecule has 2 aliphatic rings. The van der Waals surface area contributed by atoms with E-state index >= 15 is 0 Å². The van der Waals surface area contributed by atoms with Gasteiger partial charge in [0.05, 0.1) is 0 Å². The van der Waals surface area contributed by atoms with Crippen molar-refractivity contribution in [2.45, 2.75) is 77.0 Å². The van der Waals surface area contributed by atoms with E-state index in [0.29, 0.717) is 51.6 Å². The van der Waals surface area contributed by atoms with E-state index in [1.54, 1.807) is 0 Å². The average Bonchev–Trinajstić information content (AvgIpc) is 2.91. The zero-order valence-corrected chi connectivity index (χ0v) is 14.4. The quantitative estimate of drug-likeness (QED) is 0.723. The highest BCUT2D eigenvalue weighted by atomic mass is 16.2. The van der Waals surface area contributed by atoms with Gasteiger partial charge in [0.1, 0.15) is 0 Å². The zero-order chi connectivity index (χ0) is 17.4. The molecule has 2 saturated heterocycles. The SMILES string of the molecule is O=C1CCCCCN1C(=O)CCCCC(=O)N1CCCCCC1=O. The minimum absolute atomic E-state index is 0.0660. The smallest absolute Gasteiger partial charge is 0.229 e. The Morgan fingerprint density at radius 1 is 0.667 bits per heavy atom. The van der Waals surface area contributed by atoms with E-state index in [-0.39, 0.29) is 23.6 Å². The summed E-state index contributed by atoms with van der Waals surface area (Å²) in [5.41, 5.74) is 0. The van der Waals surface area contributed by atoms with Gasteiger partial charge in [-0.25, -0.2) is 0 Å². The molecule has 4 amide bonds. The maximum absolute atomic E-state index is 12.2. The van der Waals surface area contributed by atoms with Gasteiger partial charge in [-0.15, -0.1) is 0 Å². The maximum Gasteiger partial charge on any atom is 0.229 e. The fraction of sp³-hybridized carbons (Fsp3) is 0.778. The van der Waals surface area contributed by atoms with Gasteiger partial charge in [0, 0.05) is 38.8 Å². The zero-order valence-electron chi connectivity index (χ0n) is 14.4. The lowest BCUT2D eigenvalue weighted by molar-refractivity contribution is -0.146. The van der Waals surface area contributed by atoms with Gasteiger partial charge in [0.25, 0.3) is 0 Å². The van der Waals surface area contributed by atoms with Crippen molar-refractivity contribution in [2.75, 3.05) is 13.1 Å². The highest BCUT2D eigenvalue weighted by Crippen LogP contribution is 2.15. The molecule has 24 heavy (non-hydrogen) atoms. The molecule has 0 aliphatic carbocycles. The Morgan fingerprint density at radius 2 is 1.08 bits per heavy atom. The summed E-state index contributed by atoms with van der Waals surface area (Å²) in [4.78, 5) is 50.8. The highest BCUT2D eigenvalue weighted by molar-refractivity contribution is 5.96. The van der Waals surface area contributed by atoms with E-state index in [0.717, 1.165) is 38.5 Å². The minimum atomic E-state index is -0.125. The first-order valence-electron chi connectivity index (χ1n) is 9.26. The fourth-order valence-electron chi connectivity index (χ4n) is 3.32. The summed E-state index contributed by atoms with van der Waals surface area (Å²) >= 11 is 0. The summed E-state index contributed by atoms with van der Waals surface area (Å²) < 4.78 is 0. The van der Waals surface area contributed by atoms with Crippen LogP contribution < -0.4 is 0 Å². The molecular formula is C18H28N2O4. The summed E-state index contributed by atoms with van der Waals surface area (Å²) in [5, 5.41) is 0. The molecule has 0 saturated carbocycles. The van der Waals surface area contributed by atoms with Gasteiger partial charge in [0.2, 0.25) is 23.6 Å². The van der Waals surface area contributed by atoms with Crippen LogP contribution in [0.4, 0.5) is 0 Å². The van der Waals surface area contributed by atoms with Crippen LogP contribution in [0.3, 0.4) is 0 Å². The van der Waals surface area contributed by atoms with E-state index in [1.165, 1.54) is 9.80 Å². The second kappa shape index (κ2) is 9.55. The van der Waals surface area contributed by atoms with Crippen molar-refractivity contribution < 1.29 is 19.2 Å². The van der Waals surface area contributed by atoms with E-state index in [1.807, 2.05) is 0 Å². The Labute approximate surface area is 143 Å².